The molecule has 1 aromatic rings. The number of hydrogen-bond donors (Lipinski definition) is 1. The Morgan fingerprint density at radius 3 is 2.77 bits per heavy atom. The fraction of sp³-hybridized carbons (Fsp3) is 0.625. The molecule has 72 valence electrons. The van der Waals surface area contributed by atoms with Crippen LogP contribution in [0.15, 0.2) is 6.20 Å². The quantitative estimate of drug-likeness (QED) is 0.747. The number of carboxylic acid groups (broad SMARTS) is 1. The second-order valence-corrected chi connectivity index (χ2v) is 3.37. The molecule has 0 amide bonds. The molecule has 0 saturated heterocycles. The lowest BCUT2D eigenvalue weighted by molar-refractivity contribution is -0.142. The van der Waals surface area contributed by atoms with E-state index in [1.807, 2.05) is 6.92 Å². The van der Waals surface area contributed by atoms with Gasteiger partial charge in [-0.15, -0.1) is 5.10 Å². The first-order valence-electron chi connectivity index (χ1n) is 4.12. The van der Waals surface area contributed by atoms with Crippen molar-refractivity contribution in [1.82, 2.24) is 15.0 Å². The van der Waals surface area contributed by atoms with E-state index in [9.17, 15) is 4.79 Å². The van der Waals surface area contributed by atoms with E-state index in [0.717, 1.165) is 0 Å². The van der Waals surface area contributed by atoms with E-state index in [1.165, 1.54) is 6.20 Å². The van der Waals surface area contributed by atoms with Crippen molar-refractivity contribution in [3.63, 3.8) is 0 Å². The number of nitrogens with zero attached hydrogens (tertiary/aromatic N) is 3. The van der Waals surface area contributed by atoms with Gasteiger partial charge in [0.05, 0.1) is 11.9 Å². The zero-order valence-corrected chi connectivity index (χ0v) is 7.98. The molecule has 13 heavy (non-hydrogen) atoms. The summed E-state index contributed by atoms with van der Waals surface area (Å²) in [6.45, 7) is 5.81. The number of aryl methyl sites for hydroxylation is 1. The highest BCUT2D eigenvalue weighted by Gasteiger charge is 2.33. The first-order chi connectivity index (χ1) is 6.00. The standard InChI is InChI=1S/C8H13N3O2/c1-4-11-6(5-9-10-11)8(2,3)7(12)13/h5H,4H2,1-3H3,(H,12,13). The first kappa shape index (κ1) is 9.70. The maximum Gasteiger partial charge on any atom is 0.315 e. The lowest BCUT2D eigenvalue weighted by Crippen LogP contribution is -2.31. The van der Waals surface area contributed by atoms with Crippen LogP contribution in [0.2, 0.25) is 0 Å². The minimum absolute atomic E-state index is 0.627. The van der Waals surface area contributed by atoms with Gasteiger partial charge in [0.15, 0.2) is 0 Å². The molecule has 1 rings (SSSR count). The number of rotatable bonds is 3. The highest BCUT2D eigenvalue weighted by molar-refractivity contribution is 5.79. The predicted molar refractivity (Wildman–Crippen MR) is 46.4 cm³/mol. The summed E-state index contributed by atoms with van der Waals surface area (Å²) in [6.07, 6.45) is 1.50. The van der Waals surface area contributed by atoms with Crippen LogP contribution in [0.5, 0.6) is 0 Å². The predicted octanol–water partition coefficient (Wildman–Crippen LogP) is 0.660. The Labute approximate surface area is 76.4 Å². The Balaban J connectivity index is 3.13. The number of aliphatic carboxylic acids is 1. The maximum absolute atomic E-state index is 10.9. The van der Waals surface area contributed by atoms with Crippen molar-refractivity contribution in [2.24, 2.45) is 0 Å². The van der Waals surface area contributed by atoms with Crippen LogP contribution >= 0.6 is 0 Å². The Kier molecular flexibility index (Phi) is 2.36. The van der Waals surface area contributed by atoms with Gasteiger partial charge in [-0.2, -0.15) is 0 Å². The van der Waals surface area contributed by atoms with Crippen LogP contribution in [0.1, 0.15) is 26.5 Å². The number of carboxylic acids is 1. The minimum Gasteiger partial charge on any atom is -0.481 e. The van der Waals surface area contributed by atoms with Gasteiger partial charge in [0.2, 0.25) is 0 Å². The van der Waals surface area contributed by atoms with Crippen LogP contribution in [0.3, 0.4) is 0 Å². The van der Waals surface area contributed by atoms with E-state index in [0.29, 0.717) is 12.2 Å². The third-order valence-electron chi connectivity index (χ3n) is 2.09. The van der Waals surface area contributed by atoms with Crippen molar-refractivity contribution in [2.45, 2.75) is 32.7 Å². The minimum atomic E-state index is -0.931. The van der Waals surface area contributed by atoms with E-state index in [1.54, 1.807) is 18.5 Å². The SMILES string of the molecule is CCn1nncc1C(C)(C)C(=O)O. The second-order valence-electron chi connectivity index (χ2n) is 3.37. The summed E-state index contributed by atoms with van der Waals surface area (Å²) < 4.78 is 1.59. The molecule has 1 aromatic heterocycles. The number of carbonyl (C=O) groups is 1. The molecule has 0 aliphatic rings. The summed E-state index contributed by atoms with van der Waals surface area (Å²) in [4.78, 5) is 10.9. The molecule has 0 aliphatic carbocycles. The molecule has 0 atom stereocenters. The summed E-state index contributed by atoms with van der Waals surface area (Å²) >= 11 is 0. The lowest BCUT2D eigenvalue weighted by atomic mass is 9.90. The Morgan fingerprint density at radius 2 is 2.31 bits per heavy atom. The Bertz CT molecular complexity index is 317. The van der Waals surface area contributed by atoms with E-state index in [2.05, 4.69) is 10.3 Å². The molecule has 0 aliphatic heterocycles. The molecule has 5 heteroatoms. The van der Waals surface area contributed by atoms with Gasteiger partial charge in [0.1, 0.15) is 5.41 Å². The zero-order chi connectivity index (χ0) is 10.1. The van der Waals surface area contributed by atoms with Crippen LogP contribution in [-0.4, -0.2) is 26.1 Å². The van der Waals surface area contributed by atoms with Gasteiger partial charge >= 0.3 is 5.97 Å². The van der Waals surface area contributed by atoms with E-state index < -0.39 is 11.4 Å². The van der Waals surface area contributed by atoms with Crippen molar-refractivity contribution in [3.05, 3.63) is 11.9 Å². The molecule has 0 aromatic carbocycles. The van der Waals surface area contributed by atoms with E-state index in [4.69, 9.17) is 5.11 Å². The van der Waals surface area contributed by atoms with Gasteiger partial charge in [-0.1, -0.05) is 5.21 Å². The summed E-state index contributed by atoms with van der Waals surface area (Å²) in [6, 6.07) is 0. The highest BCUT2D eigenvalue weighted by Crippen LogP contribution is 2.21. The lowest BCUT2D eigenvalue weighted by Gasteiger charge is -2.18. The van der Waals surface area contributed by atoms with Gasteiger partial charge in [0.25, 0.3) is 0 Å². The van der Waals surface area contributed by atoms with E-state index >= 15 is 0 Å². The third kappa shape index (κ3) is 1.54. The third-order valence-corrected chi connectivity index (χ3v) is 2.09. The van der Waals surface area contributed by atoms with Crippen LogP contribution in [-0.2, 0) is 16.8 Å². The molecule has 0 unspecified atom stereocenters. The smallest absolute Gasteiger partial charge is 0.315 e. The molecular weight excluding hydrogens is 170 g/mol. The van der Waals surface area contributed by atoms with Crippen LogP contribution < -0.4 is 0 Å². The van der Waals surface area contributed by atoms with Crippen molar-refractivity contribution in [2.75, 3.05) is 0 Å². The van der Waals surface area contributed by atoms with Gasteiger partial charge < -0.3 is 5.11 Å². The Morgan fingerprint density at radius 1 is 1.69 bits per heavy atom. The van der Waals surface area contributed by atoms with Gasteiger partial charge in [-0.25, -0.2) is 4.68 Å². The molecule has 1 N–H and O–H groups in total. The molecule has 0 spiro atoms. The molecule has 5 nitrogen and oxygen atoms in total. The monoisotopic (exact) mass is 183 g/mol. The Hall–Kier alpha value is -1.39. The molecule has 1 heterocycles. The fourth-order valence-electron chi connectivity index (χ4n) is 1.08. The molecule has 0 radical (unpaired) electrons. The average Bonchev–Trinajstić information content (AvgIpc) is 2.51. The normalized spacial score (nSPS) is 11.6. The summed E-state index contributed by atoms with van der Waals surface area (Å²) in [5.41, 5.74) is -0.304. The van der Waals surface area contributed by atoms with Crippen LogP contribution in [0, 0.1) is 0 Å². The number of hydrogen-bond acceptors (Lipinski definition) is 3. The fourth-order valence-corrected chi connectivity index (χ4v) is 1.08. The highest BCUT2D eigenvalue weighted by atomic mass is 16.4. The van der Waals surface area contributed by atoms with Crippen molar-refractivity contribution in [3.8, 4) is 0 Å². The van der Waals surface area contributed by atoms with Crippen molar-refractivity contribution < 1.29 is 9.90 Å². The van der Waals surface area contributed by atoms with Crippen LogP contribution in [0.25, 0.3) is 0 Å². The first-order valence-corrected chi connectivity index (χ1v) is 4.12. The molecule has 0 fully saturated rings. The topological polar surface area (TPSA) is 68.0 Å². The molecule has 0 bridgehead atoms. The summed E-state index contributed by atoms with van der Waals surface area (Å²) in [5.74, 6) is -0.871. The van der Waals surface area contributed by atoms with Crippen LogP contribution in [0.4, 0.5) is 0 Å². The zero-order valence-electron chi connectivity index (χ0n) is 7.98. The van der Waals surface area contributed by atoms with Gasteiger partial charge in [-0.3, -0.25) is 4.79 Å². The van der Waals surface area contributed by atoms with Gasteiger partial charge in [0, 0.05) is 6.54 Å². The van der Waals surface area contributed by atoms with Crippen molar-refractivity contribution in [1.29, 1.82) is 0 Å². The van der Waals surface area contributed by atoms with Gasteiger partial charge in [-0.05, 0) is 20.8 Å². The second kappa shape index (κ2) is 3.16. The van der Waals surface area contributed by atoms with E-state index in [-0.39, 0.29) is 0 Å². The maximum atomic E-state index is 10.9. The molecular formula is C8H13N3O2. The summed E-state index contributed by atoms with van der Waals surface area (Å²) in [7, 11) is 0. The largest absolute Gasteiger partial charge is 0.481 e. The summed E-state index contributed by atoms with van der Waals surface area (Å²) in [5, 5.41) is 16.4. The van der Waals surface area contributed by atoms with Crippen molar-refractivity contribution >= 4 is 5.97 Å². The number of aromatic nitrogens is 3. The average molecular weight is 183 g/mol. The molecule has 0 saturated carbocycles.